The van der Waals surface area contributed by atoms with E-state index in [0.29, 0.717) is 0 Å². The van der Waals surface area contributed by atoms with Crippen molar-refractivity contribution in [1.82, 2.24) is 0 Å². The van der Waals surface area contributed by atoms with Gasteiger partial charge in [-0.15, -0.1) is 11.3 Å². The van der Waals surface area contributed by atoms with Gasteiger partial charge in [0.25, 0.3) is 0 Å². The summed E-state index contributed by atoms with van der Waals surface area (Å²) in [7, 11) is 0. The minimum Gasteiger partial charge on any atom is -0.310 e. The minimum absolute atomic E-state index is 1.09. The van der Waals surface area contributed by atoms with E-state index in [1.165, 1.54) is 91.8 Å². The summed E-state index contributed by atoms with van der Waals surface area (Å²) >= 11 is 1.86. The highest BCUT2D eigenvalue weighted by molar-refractivity contribution is 7.25. The quantitative estimate of drug-likeness (QED) is 0.147. The van der Waals surface area contributed by atoms with Gasteiger partial charge in [0.2, 0.25) is 0 Å². The van der Waals surface area contributed by atoms with Crippen molar-refractivity contribution in [3.8, 4) is 55.6 Å². The normalized spacial score (nSPS) is 11.4. The molecule has 0 N–H and O–H groups in total. The van der Waals surface area contributed by atoms with Crippen LogP contribution >= 0.6 is 11.3 Å². The number of benzene rings is 11. The lowest BCUT2D eigenvalue weighted by molar-refractivity contribution is 1.28. The van der Waals surface area contributed by atoms with E-state index >= 15 is 0 Å². The van der Waals surface area contributed by atoms with E-state index in [0.717, 1.165) is 22.6 Å². The van der Waals surface area contributed by atoms with E-state index in [2.05, 4.69) is 254 Å². The highest BCUT2D eigenvalue weighted by Gasteiger charge is 2.20. The summed E-state index contributed by atoms with van der Waals surface area (Å²) in [6, 6.07) is 91.0. The van der Waals surface area contributed by atoms with Crippen LogP contribution in [0, 0.1) is 0 Å². The summed E-state index contributed by atoms with van der Waals surface area (Å²) in [5.74, 6) is 0. The van der Waals surface area contributed by atoms with Gasteiger partial charge < -0.3 is 4.90 Å². The Kier molecular flexibility index (Phi) is 9.43. The largest absolute Gasteiger partial charge is 0.310 e. The van der Waals surface area contributed by atoms with Gasteiger partial charge in [0.15, 0.2) is 0 Å². The molecule has 0 unspecified atom stereocenters. The molecule has 0 atom stereocenters. The molecule has 0 radical (unpaired) electrons. The van der Waals surface area contributed by atoms with Gasteiger partial charge in [-0.25, -0.2) is 0 Å². The molecule has 2 heteroatoms. The van der Waals surface area contributed by atoms with E-state index in [-0.39, 0.29) is 0 Å². The predicted molar refractivity (Wildman–Crippen MR) is 276 cm³/mol. The summed E-state index contributed by atoms with van der Waals surface area (Å²) < 4.78 is 2.61. The Balaban J connectivity index is 0.976. The van der Waals surface area contributed by atoms with E-state index in [9.17, 15) is 0 Å². The molecule has 12 rings (SSSR count). The summed E-state index contributed by atoms with van der Waals surface area (Å²) in [5.41, 5.74) is 15.3. The van der Waals surface area contributed by atoms with E-state index in [4.69, 9.17) is 0 Å². The van der Waals surface area contributed by atoms with Crippen molar-refractivity contribution >= 4 is 70.1 Å². The number of para-hydroxylation sites is 1. The van der Waals surface area contributed by atoms with Crippen LogP contribution in [-0.4, -0.2) is 0 Å². The molecule has 0 aliphatic heterocycles. The summed E-state index contributed by atoms with van der Waals surface area (Å²) in [6.45, 7) is 0. The van der Waals surface area contributed by atoms with Crippen LogP contribution < -0.4 is 4.90 Å². The maximum atomic E-state index is 2.43. The molecule has 0 saturated carbocycles. The molecule has 0 amide bonds. The van der Waals surface area contributed by atoms with E-state index in [1.54, 1.807) is 0 Å². The minimum atomic E-state index is 1.09. The number of hydrogen-bond donors (Lipinski definition) is 0. The highest BCUT2D eigenvalue weighted by Crippen LogP contribution is 2.45. The number of thiophene rings is 1. The molecular formula is C62H41NS. The number of rotatable bonds is 8. The van der Waals surface area contributed by atoms with Gasteiger partial charge in [-0.2, -0.15) is 0 Å². The van der Waals surface area contributed by atoms with Crippen molar-refractivity contribution in [2.24, 2.45) is 0 Å². The second kappa shape index (κ2) is 16.0. The van der Waals surface area contributed by atoms with Crippen molar-refractivity contribution in [2.45, 2.75) is 0 Å². The van der Waals surface area contributed by atoms with Gasteiger partial charge in [-0.3, -0.25) is 0 Å². The first-order chi connectivity index (χ1) is 31.7. The van der Waals surface area contributed by atoms with Crippen LogP contribution in [0.1, 0.15) is 0 Å². The zero-order chi connectivity index (χ0) is 42.4. The molecular weight excluding hydrogens is 791 g/mol. The van der Waals surface area contributed by atoms with Gasteiger partial charge in [0.05, 0.1) is 5.69 Å². The third kappa shape index (κ3) is 6.73. The molecule has 0 spiro atoms. The van der Waals surface area contributed by atoms with Gasteiger partial charge in [0, 0.05) is 37.1 Å². The Hall–Kier alpha value is -8.04. The number of anilines is 3. The zero-order valence-electron chi connectivity index (χ0n) is 35.0. The molecule has 12 aromatic rings. The first-order valence-electron chi connectivity index (χ1n) is 21.9. The smallest absolute Gasteiger partial charge is 0.0540 e. The molecule has 1 heterocycles. The number of fused-ring (bicyclic) bond motifs is 5. The van der Waals surface area contributed by atoms with Gasteiger partial charge in [-0.1, -0.05) is 206 Å². The Labute approximate surface area is 377 Å². The standard InChI is InChI=1S/C62H41NS/c1-3-20-51-44(14-1)16-12-26-52(51)46-32-30-42(31-33-46)43-34-37-49(38-35-43)63(60-28-9-7-23-55(60)48-36-39-59-58-25-8-10-29-61(58)64-62(59)41-48)50-19-11-18-47(40-50)54-22-5-6-24-56(54)57-27-13-17-45-15-2-4-21-53(45)57/h1-41H. The van der Waals surface area contributed by atoms with Crippen LogP contribution in [0.4, 0.5) is 17.1 Å². The van der Waals surface area contributed by atoms with Crippen LogP contribution in [-0.2, 0) is 0 Å². The number of hydrogen-bond acceptors (Lipinski definition) is 2. The van der Waals surface area contributed by atoms with Crippen molar-refractivity contribution in [3.63, 3.8) is 0 Å². The van der Waals surface area contributed by atoms with Gasteiger partial charge in [-0.05, 0) is 114 Å². The fourth-order valence-corrected chi connectivity index (χ4v) is 10.7. The molecule has 0 fully saturated rings. The van der Waals surface area contributed by atoms with Gasteiger partial charge >= 0.3 is 0 Å². The Morgan fingerprint density at radius 1 is 0.250 bits per heavy atom. The number of nitrogens with zero attached hydrogens (tertiary/aromatic N) is 1. The molecule has 0 aliphatic carbocycles. The lowest BCUT2D eigenvalue weighted by Crippen LogP contribution is -2.11. The summed E-state index contributed by atoms with van der Waals surface area (Å²) in [5, 5.41) is 7.63. The Morgan fingerprint density at radius 2 is 0.750 bits per heavy atom. The van der Waals surface area contributed by atoms with Crippen molar-refractivity contribution < 1.29 is 0 Å². The highest BCUT2D eigenvalue weighted by atomic mass is 32.1. The van der Waals surface area contributed by atoms with Crippen LogP contribution in [0.2, 0.25) is 0 Å². The van der Waals surface area contributed by atoms with Gasteiger partial charge in [0.1, 0.15) is 0 Å². The molecule has 1 nitrogen and oxygen atoms in total. The molecule has 0 bridgehead atoms. The summed E-state index contributed by atoms with van der Waals surface area (Å²) in [4.78, 5) is 2.43. The molecule has 64 heavy (non-hydrogen) atoms. The maximum absolute atomic E-state index is 2.43. The fourth-order valence-electron chi connectivity index (χ4n) is 9.60. The van der Waals surface area contributed by atoms with Crippen LogP contribution in [0.15, 0.2) is 249 Å². The first-order valence-corrected chi connectivity index (χ1v) is 22.7. The van der Waals surface area contributed by atoms with Crippen LogP contribution in [0.5, 0.6) is 0 Å². The van der Waals surface area contributed by atoms with Crippen LogP contribution in [0.3, 0.4) is 0 Å². The predicted octanol–water partition coefficient (Wildman–Crippen LogP) is 18.2. The molecule has 0 saturated heterocycles. The molecule has 300 valence electrons. The van der Waals surface area contributed by atoms with Crippen molar-refractivity contribution in [2.75, 3.05) is 4.90 Å². The molecule has 1 aromatic heterocycles. The maximum Gasteiger partial charge on any atom is 0.0540 e. The molecule has 0 aliphatic rings. The zero-order valence-corrected chi connectivity index (χ0v) is 35.8. The first kappa shape index (κ1) is 37.7. The van der Waals surface area contributed by atoms with Crippen LogP contribution in [0.25, 0.3) is 97.4 Å². The third-order valence-electron chi connectivity index (χ3n) is 12.7. The second-order valence-corrected chi connectivity index (χ2v) is 17.5. The van der Waals surface area contributed by atoms with Crippen molar-refractivity contribution in [1.29, 1.82) is 0 Å². The van der Waals surface area contributed by atoms with Crippen molar-refractivity contribution in [3.05, 3.63) is 249 Å². The monoisotopic (exact) mass is 831 g/mol. The van der Waals surface area contributed by atoms with E-state index < -0.39 is 0 Å². The third-order valence-corrected chi connectivity index (χ3v) is 13.8. The average molecular weight is 832 g/mol. The van der Waals surface area contributed by atoms with E-state index in [1.807, 2.05) is 11.3 Å². The second-order valence-electron chi connectivity index (χ2n) is 16.4. The fraction of sp³-hybridized carbons (Fsp3) is 0. The lowest BCUT2D eigenvalue weighted by atomic mass is 9.91. The Morgan fingerprint density at radius 3 is 1.52 bits per heavy atom. The SMILES string of the molecule is c1cc(-c2ccccc2-c2cccc3ccccc23)cc(N(c2ccc(-c3ccc(-c4cccc5ccccc45)cc3)cc2)c2ccccc2-c2ccc3c(c2)sc2ccccc23)c1. The average Bonchev–Trinajstić information content (AvgIpc) is 3.75. The Bertz CT molecular complexity index is 3660. The summed E-state index contributed by atoms with van der Waals surface area (Å²) in [6.07, 6.45) is 0. The topological polar surface area (TPSA) is 3.24 Å². The molecule has 11 aromatic carbocycles. The lowest BCUT2D eigenvalue weighted by Gasteiger charge is -2.28.